The second-order valence-electron chi connectivity index (χ2n) is 4.41. The molecule has 15 heavy (non-hydrogen) atoms. The Labute approximate surface area is 95.8 Å². The van der Waals surface area contributed by atoms with E-state index in [2.05, 4.69) is 33.0 Å². The van der Waals surface area contributed by atoms with E-state index in [0.29, 0.717) is 6.04 Å². The van der Waals surface area contributed by atoms with Crippen molar-refractivity contribution in [2.45, 2.75) is 59.4 Å². The van der Waals surface area contributed by atoms with Gasteiger partial charge in [0.2, 0.25) is 0 Å². The topological polar surface area (TPSA) is 21.3 Å². The number of likely N-dealkylation sites (N-methyl/N-ethyl adjacent to an activating group) is 1. The van der Waals surface area contributed by atoms with Crippen LogP contribution in [-0.4, -0.2) is 25.8 Å². The van der Waals surface area contributed by atoms with Gasteiger partial charge in [0.25, 0.3) is 0 Å². The Kier molecular flexibility index (Phi) is 10.4. The molecule has 92 valence electrons. The van der Waals surface area contributed by atoms with E-state index in [-0.39, 0.29) is 0 Å². The molecule has 2 nitrogen and oxygen atoms in total. The highest BCUT2D eigenvalue weighted by atomic mass is 16.5. The van der Waals surface area contributed by atoms with Crippen LogP contribution in [-0.2, 0) is 4.74 Å². The van der Waals surface area contributed by atoms with Crippen molar-refractivity contribution in [3.8, 4) is 0 Å². The van der Waals surface area contributed by atoms with Gasteiger partial charge in [-0.15, -0.1) is 0 Å². The summed E-state index contributed by atoms with van der Waals surface area (Å²) in [5.41, 5.74) is 0. The molecule has 0 rings (SSSR count). The van der Waals surface area contributed by atoms with Crippen LogP contribution in [0.4, 0.5) is 0 Å². The van der Waals surface area contributed by atoms with Gasteiger partial charge in [0.05, 0.1) is 6.61 Å². The molecule has 0 saturated carbocycles. The third-order valence-electron chi connectivity index (χ3n) is 2.82. The lowest BCUT2D eigenvalue weighted by Gasteiger charge is -2.17. The van der Waals surface area contributed by atoms with Crippen molar-refractivity contribution in [2.75, 3.05) is 19.8 Å². The molecule has 2 heteroatoms. The molecule has 0 aromatic rings. The summed E-state index contributed by atoms with van der Waals surface area (Å²) < 4.78 is 5.74. The molecule has 1 N–H and O–H groups in total. The van der Waals surface area contributed by atoms with Gasteiger partial charge in [-0.05, 0) is 25.8 Å². The molecule has 2 unspecified atom stereocenters. The van der Waals surface area contributed by atoms with E-state index in [4.69, 9.17) is 4.74 Å². The smallest absolute Gasteiger partial charge is 0.0617 e. The van der Waals surface area contributed by atoms with Crippen LogP contribution in [0, 0.1) is 5.92 Å². The van der Waals surface area contributed by atoms with Crippen molar-refractivity contribution < 1.29 is 4.74 Å². The maximum atomic E-state index is 5.74. The lowest BCUT2D eigenvalue weighted by atomic mass is 10.0. The number of rotatable bonds is 10. The number of unbranched alkanes of at least 4 members (excludes halogenated alkanes) is 1. The van der Waals surface area contributed by atoms with Crippen molar-refractivity contribution in [1.29, 1.82) is 0 Å². The van der Waals surface area contributed by atoms with Gasteiger partial charge in [0.15, 0.2) is 0 Å². The maximum absolute atomic E-state index is 5.74. The lowest BCUT2D eigenvalue weighted by Crippen LogP contribution is -2.30. The molecule has 0 spiro atoms. The lowest BCUT2D eigenvalue weighted by molar-refractivity contribution is 0.0803. The summed E-state index contributed by atoms with van der Waals surface area (Å²) in [5.74, 6) is 0.763. The zero-order valence-electron chi connectivity index (χ0n) is 11.0. The van der Waals surface area contributed by atoms with E-state index < -0.39 is 0 Å². The fraction of sp³-hybridized carbons (Fsp3) is 1.00. The first-order chi connectivity index (χ1) is 7.24. The summed E-state index contributed by atoms with van der Waals surface area (Å²) >= 11 is 0. The van der Waals surface area contributed by atoms with Crippen molar-refractivity contribution in [1.82, 2.24) is 5.32 Å². The van der Waals surface area contributed by atoms with Crippen molar-refractivity contribution >= 4 is 0 Å². The summed E-state index contributed by atoms with van der Waals surface area (Å²) in [7, 11) is 0. The molecule has 0 bridgehead atoms. The second kappa shape index (κ2) is 10.4. The number of ether oxygens (including phenoxy) is 1. The van der Waals surface area contributed by atoms with Crippen LogP contribution < -0.4 is 5.32 Å². The molecule has 0 heterocycles. The van der Waals surface area contributed by atoms with Crippen molar-refractivity contribution in [2.24, 2.45) is 5.92 Å². The molecule has 0 aliphatic carbocycles. The zero-order valence-corrected chi connectivity index (χ0v) is 11.0. The fourth-order valence-corrected chi connectivity index (χ4v) is 1.72. The van der Waals surface area contributed by atoms with Crippen LogP contribution in [0.1, 0.15) is 53.4 Å². The standard InChI is InChI=1S/C13H29NO/c1-5-8-9-13(6-2)11-15-10-12(4)14-7-3/h12-14H,5-11H2,1-4H3. The van der Waals surface area contributed by atoms with Crippen LogP contribution in [0.15, 0.2) is 0 Å². The van der Waals surface area contributed by atoms with Crippen LogP contribution in [0.2, 0.25) is 0 Å². The monoisotopic (exact) mass is 215 g/mol. The maximum Gasteiger partial charge on any atom is 0.0617 e. The number of hydrogen-bond acceptors (Lipinski definition) is 2. The highest BCUT2D eigenvalue weighted by Crippen LogP contribution is 2.12. The summed E-state index contributed by atoms with van der Waals surface area (Å²) in [6.45, 7) is 11.6. The molecule has 0 saturated heterocycles. The van der Waals surface area contributed by atoms with Gasteiger partial charge in [-0.25, -0.2) is 0 Å². The third kappa shape index (κ3) is 8.88. The van der Waals surface area contributed by atoms with E-state index in [1.807, 2.05) is 0 Å². The molecular weight excluding hydrogens is 186 g/mol. The third-order valence-corrected chi connectivity index (χ3v) is 2.82. The van der Waals surface area contributed by atoms with Crippen LogP contribution in [0.3, 0.4) is 0 Å². The SMILES string of the molecule is CCCCC(CC)COCC(C)NCC. The molecule has 0 aromatic carbocycles. The summed E-state index contributed by atoms with van der Waals surface area (Å²) in [6, 6.07) is 0.485. The van der Waals surface area contributed by atoms with Crippen LogP contribution in [0.25, 0.3) is 0 Å². The Morgan fingerprint density at radius 2 is 1.87 bits per heavy atom. The van der Waals surface area contributed by atoms with Gasteiger partial charge >= 0.3 is 0 Å². The minimum atomic E-state index is 0.485. The number of hydrogen-bond donors (Lipinski definition) is 1. The minimum Gasteiger partial charge on any atom is -0.380 e. The van der Waals surface area contributed by atoms with E-state index in [1.54, 1.807) is 0 Å². The highest BCUT2D eigenvalue weighted by Gasteiger charge is 2.07. The molecule has 0 aliphatic heterocycles. The van der Waals surface area contributed by atoms with Gasteiger partial charge in [-0.2, -0.15) is 0 Å². The first-order valence-electron chi connectivity index (χ1n) is 6.55. The molecule has 2 atom stereocenters. The predicted molar refractivity (Wildman–Crippen MR) is 67.3 cm³/mol. The van der Waals surface area contributed by atoms with E-state index in [1.165, 1.54) is 25.7 Å². The van der Waals surface area contributed by atoms with E-state index >= 15 is 0 Å². The average molecular weight is 215 g/mol. The first kappa shape index (κ1) is 14.9. The Bertz CT molecular complexity index is 128. The zero-order chi connectivity index (χ0) is 11.5. The fourth-order valence-electron chi connectivity index (χ4n) is 1.72. The quantitative estimate of drug-likeness (QED) is 0.604. The van der Waals surface area contributed by atoms with Gasteiger partial charge < -0.3 is 10.1 Å². The van der Waals surface area contributed by atoms with Gasteiger partial charge in [-0.1, -0.05) is 40.0 Å². The normalized spacial score (nSPS) is 15.2. The van der Waals surface area contributed by atoms with Crippen LogP contribution >= 0.6 is 0 Å². The van der Waals surface area contributed by atoms with Gasteiger partial charge in [0, 0.05) is 12.6 Å². The first-order valence-corrected chi connectivity index (χ1v) is 6.55. The van der Waals surface area contributed by atoms with Gasteiger partial charge in [0.1, 0.15) is 0 Å². The summed E-state index contributed by atoms with van der Waals surface area (Å²) in [6.07, 6.45) is 5.20. The summed E-state index contributed by atoms with van der Waals surface area (Å²) in [5, 5.41) is 3.36. The molecule has 0 aliphatic rings. The molecule has 0 aromatic heterocycles. The Balaban J connectivity index is 3.44. The minimum absolute atomic E-state index is 0.485. The van der Waals surface area contributed by atoms with Crippen LogP contribution in [0.5, 0.6) is 0 Å². The molecule has 0 amide bonds. The van der Waals surface area contributed by atoms with Gasteiger partial charge in [-0.3, -0.25) is 0 Å². The average Bonchev–Trinajstić information content (AvgIpc) is 2.23. The Morgan fingerprint density at radius 3 is 2.40 bits per heavy atom. The largest absolute Gasteiger partial charge is 0.380 e. The number of nitrogens with one attached hydrogen (secondary N) is 1. The van der Waals surface area contributed by atoms with E-state index in [0.717, 1.165) is 25.7 Å². The van der Waals surface area contributed by atoms with Crippen molar-refractivity contribution in [3.05, 3.63) is 0 Å². The van der Waals surface area contributed by atoms with E-state index in [9.17, 15) is 0 Å². The Hall–Kier alpha value is -0.0800. The highest BCUT2D eigenvalue weighted by molar-refractivity contribution is 4.59. The molecule has 0 radical (unpaired) electrons. The molecular formula is C13H29NO. The second-order valence-corrected chi connectivity index (χ2v) is 4.41. The van der Waals surface area contributed by atoms with Crippen molar-refractivity contribution in [3.63, 3.8) is 0 Å². The predicted octanol–water partition coefficient (Wildman–Crippen LogP) is 3.22. The Morgan fingerprint density at radius 1 is 1.13 bits per heavy atom. The molecule has 0 fully saturated rings. The summed E-state index contributed by atoms with van der Waals surface area (Å²) in [4.78, 5) is 0.